The molecule has 0 atom stereocenters. The molecule has 0 saturated carbocycles. The third kappa shape index (κ3) is 3.29. The number of carbonyl (C=O) groups excluding carboxylic acids is 2. The Kier molecular flexibility index (Phi) is 4.97. The summed E-state index contributed by atoms with van der Waals surface area (Å²) >= 11 is 2.69. The van der Waals surface area contributed by atoms with Gasteiger partial charge in [0, 0.05) is 23.2 Å². The number of hydrogen-bond acceptors (Lipinski definition) is 6. The van der Waals surface area contributed by atoms with Crippen molar-refractivity contribution in [2.75, 3.05) is 0 Å². The summed E-state index contributed by atoms with van der Waals surface area (Å²) in [5, 5.41) is 2.03. The van der Waals surface area contributed by atoms with Crippen LogP contribution in [0.15, 0.2) is 36.7 Å². The summed E-state index contributed by atoms with van der Waals surface area (Å²) in [5.41, 5.74) is 12.3. The molecule has 0 radical (unpaired) electrons. The third-order valence-corrected chi connectivity index (χ3v) is 6.34. The Balaban J connectivity index is 0.000000151. The van der Waals surface area contributed by atoms with Gasteiger partial charge in [-0.15, -0.1) is 22.7 Å². The number of amides is 2. The first-order valence-corrected chi connectivity index (χ1v) is 9.31. The van der Waals surface area contributed by atoms with Gasteiger partial charge in [-0.1, -0.05) is 12.1 Å². The Morgan fingerprint density at radius 1 is 0.808 bits per heavy atom. The first-order valence-electron chi connectivity index (χ1n) is 7.68. The van der Waals surface area contributed by atoms with Gasteiger partial charge in [0.15, 0.2) is 0 Å². The summed E-state index contributed by atoms with van der Waals surface area (Å²) in [6, 6.07) is 7.60. The summed E-state index contributed by atoms with van der Waals surface area (Å²) in [4.78, 5) is 33.3. The number of primary amides is 2. The molecule has 4 N–H and O–H groups in total. The number of aromatic nitrogens is 2. The number of hydrogen-bond donors (Lipinski definition) is 2. The van der Waals surface area contributed by atoms with Crippen molar-refractivity contribution in [3.63, 3.8) is 0 Å². The van der Waals surface area contributed by atoms with Gasteiger partial charge in [0.05, 0.1) is 9.75 Å². The molecule has 0 saturated heterocycles. The van der Waals surface area contributed by atoms with Crippen molar-refractivity contribution in [3.8, 4) is 0 Å². The third-order valence-electron chi connectivity index (χ3n) is 3.88. The standard InChI is InChI=1S/2C9H8N2OS/c2*1-5-6-3-2-4-11-9(6)13-7(5)8(10)12/h2*2-4H,1H3,(H2,10,12). The van der Waals surface area contributed by atoms with Crippen LogP contribution in [0.4, 0.5) is 0 Å². The first kappa shape index (κ1) is 18.0. The molecule has 132 valence electrons. The molecule has 0 aromatic carbocycles. The molecule has 4 aromatic rings. The van der Waals surface area contributed by atoms with Gasteiger partial charge in [-0.25, -0.2) is 9.97 Å². The monoisotopic (exact) mass is 384 g/mol. The zero-order valence-electron chi connectivity index (χ0n) is 14.1. The highest BCUT2D eigenvalue weighted by molar-refractivity contribution is 7.21. The van der Waals surface area contributed by atoms with Crippen LogP contribution in [-0.4, -0.2) is 21.8 Å². The Hall–Kier alpha value is -2.84. The van der Waals surface area contributed by atoms with Crippen LogP contribution in [0.1, 0.15) is 30.5 Å². The van der Waals surface area contributed by atoms with Gasteiger partial charge < -0.3 is 11.5 Å². The van der Waals surface area contributed by atoms with E-state index in [4.69, 9.17) is 11.5 Å². The maximum absolute atomic E-state index is 11.0. The fourth-order valence-corrected chi connectivity index (χ4v) is 4.58. The molecular formula is C18H16N4O2S2. The van der Waals surface area contributed by atoms with Crippen molar-refractivity contribution in [1.29, 1.82) is 0 Å². The Morgan fingerprint density at radius 2 is 1.19 bits per heavy atom. The second-order valence-corrected chi connectivity index (χ2v) is 7.55. The molecule has 0 spiro atoms. The average molecular weight is 384 g/mol. The van der Waals surface area contributed by atoms with Gasteiger partial charge in [0.1, 0.15) is 9.66 Å². The number of nitrogens with zero attached hydrogens (tertiary/aromatic N) is 2. The summed E-state index contributed by atoms with van der Waals surface area (Å²) in [6.07, 6.45) is 3.42. The van der Waals surface area contributed by atoms with Crippen LogP contribution in [0.2, 0.25) is 0 Å². The normalized spacial score (nSPS) is 10.5. The van der Waals surface area contributed by atoms with E-state index < -0.39 is 0 Å². The van der Waals surface area contributed by atoms with Crippen molar-refractivity contribution in [2.24, 2.45) is 11.5 Å². The molecule has 26 heavy (non-hydrogen) atoms. The highest BCUT2D eigenvalue weighted by Gasteiger charge is 2.13. The Labute approximate surface area is 157 Å². The minimum Gasteiger partial charge on any atom is -0.365 e. The van der Waals surface area contributed by atoms with Crippen LogP contribution in [-0.2, 0) is 0 Å². The minimum absolute atomic E-state index is 0.375. The topological polar surface area (TPSA) is 112 Å². The molecule has 0 unspecified atom stereocenters. The van der Waals surface area contributed by atoms with Gasteiger partial charge in [-0.3, -0.25) is 9.59 Å². The van der Waals surface area contributed by atoms with Crippen molar-refractivity contribution < 1.29 is 9.59 Å². The van der Waals surface area contributed by atoms with Crippen molar-refractivity contribution in [2.45, 2.75) is 13.8 Å². The molecule has 4 heterocycles. The zero-order chi connectivity index (χ0) is 18.8. The van der Waals surface area contributed by atoms with E-state index in [1.54, 1.807) is 12.4 Å². The Morgan fingerprint density at radius 3 is 1.50 bits per heavy atom. The molecule has 4 aromatic heterocycles. The first-order chi connectivity index (χ1) is 12.4. The van der Waals surface area contributed by atoms with Crippen LogP contribution in [0, 0.1) is 13.8 Å². The quantitative estimate of drug-likeness (QED) is 0.551. The lowest BCUT2D eigenvalue weighted by atomic mass is 10.2. The van der Waals surface area contributed by atoms with Gasteiger partial charge in [0.2, 0.25) is 0 Å². The number of thiophene rings is 2. The molecule has 0 bridgehead atoms. The zero-order valence-corrected chi connectivity index (χ0v) is 15.8. The lowest BCUT2D eigenvalue weighted by Crippen LogP contribution is -2.09. The fraction of sp³-hybridized carbons (Fsp3) is 0.111. The number of rotatable bonds is 2. The van der Waals surface area contributed by atoms with E-state index in [0.29, 0.717) is 9.75 Å². The molecule has 8 heteroatoms. The summed E-state index contributed by atoms with van der Waals surface area (Å²) < 4.78 is 0. The summed E-state index contributed by atoms with van der Waals surface area (Å²) in [5.74, 6) is -0.749. The largest absolute Gasteiger partial charge is 0.365 e. The number of nitrogens with two attached hydrogens (primary N) is 2. The average Bonchev–Trinajstić information content (AvgIpc) is 3.14. The lowest BCUT2D eigenvalue weighted by Gasteiger charge is -1.90. The lowest BCUT2D eigenvalue weighted by molar-refractivity contribution is 0.0995. The SMILES string of the molecule is Cc1c(C(N)=O)sc2ncccc12.Cc1c(C(N)=O)sc2ncccc12. The van der Waals surface area contributed by atoms with E-state index in [1.165, 1.54) is 22.7 Å². The van der Waals surface area contributed by atoms with Crippen LogP contribution in [0.5, 0.6) is 0 Å². The predicted octanol–water partition coefficient (Wildman–Crippen LogP) is 3.41. The summed E-state index contributed by atoms with van der Waals surface area (Å²) in [6.45, 7) is 3.78. The second-order valence-electron chi connectivity index (χ2n) is 5.55. The number of pyridine rings is 2. The van der Waals surface area contributed by atoms with E-state index >= 15 is 0 Å². The van der Waals surface area contributed by atoms with Gasteiger partial charge >= 0.3 is 0 Å². The molecule has 0 aliphatic carbocycles. The Bertz CT molecular complexity index is 1040. The van der Waals surface area contributed by atoms with E-state index in [1.807, 2.05) is 38.1 Å². The van der Waals surface area contributed by atoms with Crippen molar-refractivity contribution in [3.05, 3.63) is 57.5 Å². The number of carbonyl (C=O) groups is 2. The molecule has 6 nitrogen and oxygen atoms in total. The van der Waals surface area contributed by atoms with Crippen LogP contribution < -0.4 is 11.5 Å². The number of fused-ring (bicyclic) bond motifs is 2. The van der Waals surface area contributed by atoms with Gasteiger partial charge in [-0.05, 0) is 37.1 Å². The number of aryl methyl sites for hydroxylation is 2. The van der Waals surface area contributed by atoms with Gasteiger partial charge in [-0.2, -0.15) is 0 Å². The molecule has 2 amide bonds. The smallest absolute Gasteiger partial charge is 0.259 e. The van der Waals surface area contributed by atoms with Crippen LogP contribution in [0.25, 0.3) is 20.4 Å². The molecule has 4 rings (SSSR count). The van der Waals surface area contributed by atoms with Crippen molar-refractivity contribution in [1.82, 2.24) is 9.97 Å². The molecule has 0 fully saturated rings. The van der Waals surface area contributed by atoms with Crippen LogP contribution in [0.3, 0.4) is 0 Å². The minimum atomic E-state index is -0.375. The highest BCUT2D eigenvalue weighted by atomic mass is 32.1. The highest BCUT2D eigenvalue weighted by Crippen LogP contribution is 2.29. The molecular weight excluding hydrogens is 368 g/mol. The van der Waals surface area contributed by atoms with E-state index in [-0.39, 0.29) is 11.8 Å². The maximum Gasteiger partial charge on any atom is 0.259 e. The van der Waals surface area contributed by atoms with E-state index in [9.17, 15) is 9.59 Å². The molecule has 0 aliphatic heterocycles. The van der Waals surface area contributed by atoms with Crippen LogP contribution >= 0.6 is 22.7 Å². The fourth-order valence-electron chi connectivity index (χ4n) is 2.58. The predicted molar refractivity (Wildman–Crippen MR) is 106 cm³/mol. The molecule has 0 aliphatic rings. The van der Waals surface area contributed by atoms with E-state index in [2.05, 4.69) is 9.97 Å². The maximum atomic E-state index is 11.0. The van der Waals surface area contributed by atoms with E-state index in [0.717, 1.165) is 31.6 Å². The van der Waals surface area contributed by atoms with Crippen molar-refractivity contribution >= 4 is 54.9 Å². The summed E-state index contributed by atoms with van der Waals surface area (Å²) in [7, 11) is 0. The van der Waals surface area contributed by atoms with Gasteiger partial charge in [0.25, 0.3) is 11.8 Å². The second kappa shape index (κ2) is 7.19.